The smallest absolute Gasteiger partial charge is 0.338 e. The molecular weight excluding hydrogens is 296 g/mol. The van der Waals surface area contributed by atoms with Crippen LogP contribution in [0.4, 0.5) is 5.69 Å². The van der Waals surface area contributed by atoms with Gasteiger partial charge in [-0.3, -0.25) is 9.59 Å². The van der Waals surface area contributed by atoms with Crippen molar-refractivity contribution in [2.45, 2.75) is 40.7 Å². The van der Waals surface area contributed by atoms with Crippen LogP contribution in [0.2, 0.25) is 0 Å². The average Bonchev–Trinajstić information content (AvgIpc) is 2.47. The predicted molar refractivity (Wildman–Crippen MR) is 88.1 cm³/mol. The number of carbonyl (C=O) groups is 3. The van der Waals surface area contributed by atoms with E-state index in [1.807, 2.05) is 13.8 Å². The van der Waals surface area contributed by atoms with Crippen LogP contribution in [0.5, 0.6) is 0 Å². The van der Waals surface area contributed by atoms with Gasteiger partial charge in [0.05, 0.1) is 12.2 Å². The molecule has 0 heterocycles. The number of carbonyl (C=O) groups excluding carboxylic acids is 3. The summed E-state index contributed by atoms with van der Waals surface area (Å²) in [7, 11) is 0. The van der Waals surface area contributed by atoms with Crippen molar-refractivity contribution >= 4 is 23.5 Å². The van der Waals surface area contributed by atoms with E-state index in [1.165, 1.54) is 0 Å². The Bertz CT molecular complexity index is 577. The summed E-state index contributed by atoms with van der Waals surface area (Å²) in [5.74, 6) is -1.17. The Labute approximate surface area is 136 Å². The molecule has 23 heavy (non-hydrogen) atoms. The van der Waals surface area contributed by atoms with Gasteiger partial charge in [0.2, 0.25) is 11.8 Å². The summed E-state index contributed by atoms with van der Waals surface area (Å²) in [6.07, 6.45) is 0. The Morgan fingerprint density at radius 1 is 1.09 bits per heavy atom. The van der Waals surface area contributed by atoms with E-state index >= 15 is 0 Å². The number of hydrogen-bond acceptors (Lipinski definition) is 4. The van der Waals surface area contributed by atoms with E-state index in [9.17, 15) is 14.4 Å². The third-order valence-corrected chi connectivity index (χ3v) is 3.21. The zero-order valence-corrected chi connectivity index (χ0v) is 14.2. The van der Waals surface area contributed by atoms with Crippen LogP contribution in [0.1, 0.15) is 45.0 Å². The summed E-state index contributed by atoms with van der Waals surface area (Å²) >= 11 is 0. The molecule has 0 radical (unpaired) electrons. The molecule has 1 aromatic rings. The molecule has 0 saturated heterocycles. The van der Waals surface area contributed by atoms with Crippen molar-refractivity contribution in [2.24, 2.45) is 5.41 Å². The number of rotatable bonds is 6. The van der Waals surface area contributed by atoms with Crippen molar-refractivity contribution in [3.8, 4) is 0 Å². The fourth-order valence-electron chi connectivity index (χ4n) is 1.74. The SMILES string of the molecule is CCOC(=O)c1ccc(NC(=O)C(C)(C)C(=O)NC(C)C)cc1. The molecule has 0 saturated carbocycles. The Kier molecular flexibility index (Phi) is 6.30. The number of nitrogens with one attached hydrogen (secondary N) is 2. The maximum atomic E-state index is 12.3. The van der Waals surface area contributed by atoms with E-state index in [2.05, 4.69) is 10.6 Å². The summed E-state index contributed by atoms with van der Waals surface area (Å²) in [5.41, 5.74) is -0.292. The molecule has 0 unspecified atom stereocenters. The van der Waals surface area contributed by atoms with Crippen molar-refractivity contribution in [3.05, 3.63) is 29.8 Å². The van der Waals surface area contributed by atoms with E-state index in [0.717, 1.165) is 0 Å². The normalized spacial score (nSPS) is 11.0. The second-order valence-electron chi connectivity index (χ2n) is 6.01. The lowest BCUT2D eigenvalue weighted by atomic mass is 9.90. The Hall–Kier alpha value is -2.37. The molecule has 2 amide bonds. The zero-order valence-electron chi connectivity index (χ0n) is 14.2. The van der Waals surface area contributed by atoms with E-state index in [0.29, 0.717) is 17.9 Å². The molecule has 126 valence electrons. The fourth-order valence-corrected chi connectivity index (χ4v) is 1.74. The van der Waals surface area contributed by atoms with E-state index < -0.39 is 17.3 Å². The van der Waals surface area contributed by atoms with Crippen molar-refractivity contribution in [1.29, 1.82) is 0 Å². The Morgan fingerprint density at radius 2 is 1.65 bits per heavy atom. The second kappa shape index (κ2) is 7.76. The van der Waals surface area contributed by atoms with Gasteiger partial charge in [0.25, 0.3) is 0 Å². The first kappa shape index (κ1) is 18.7. The fraction of sp³-hybridized carbons (Fsp3) is 0.471. The highest BCUT2D eigenvalue weighted by Gasteiger charge is 2.36. The number of esters is 1. The largest absolute Gasteiger partial charge is 0.462 e. The molecule has 0 aromatic heterocycles. The summed E-state index contributed by atoms with van der Waals surface area (Å²) in [6, 6.07) is 6.28. The second-order valence-corrected chi connectivity index (χ2v) is 6.01. The van der Waals surface area contributed by atoms with Crippen molar-refractivity contribution in [2.75, 3.05) is 11.9 Å². The molecule has 0 fully saturated rings. The molecule has 1 rings (SSSR count). The van der Waals surface area contributed by atoms with Crippen molar-refractivity contribution < 1.29 is 19.1 Å². The van der Waals surface area contributed by atoms with Gasteiger partial charge in [0.15, 0.2) is 0 Å². The first-order valence-corrected chi connectivity index (χ1v) is 7.58. The molecule has 0 bridgehead atoms. The van der Waals surface area contributed by atoms with Gasteiger partial charge in [-0.25, -0.2) is 4.79 Å². The predicted octanol–water partition coefficient (Wildman–Crippen LogP) is 2.35. The summed E-state index contributed by atoms with van der Waals surface area (Å²) in [6.45, 7) is 8.83. The number of anilines is 1. The summed E-state index contributed by atoms with van der Waals surface area (Å²) < 4.78 is 4.89. The van der Waals surface area contributed by atoms with Gasteiger partial charge in [0.1, 0.15) is 5.41 Å². The topological polar surface area (TPSA) is 84.5 Å². The van der Waals surface area contributed by atoms with Gasteiger partial charge in [0, 0.05) is 11.7 Å². The van der Waals surface area contributed by atoms with Crippen LogP contribution in [-0.4, -0.2) is 30.4 Å². The first-order chi connectivity index (χ1) is 10.7. The standard InChI is InChI=1S/C17H24N2O4/c1-6-23-14(20)12-7-9-13(10-8-12)19-16(22)17(4,5)15(21)18-11(2)3/h7-11H,6H2,1-5H3,(H,18,21)(H,19,22). The van der Waals surface area contributed by atoms with Crippen LogP contribution in [0.3, 0.4) is 0 Å². The minimum Gasteiger partial charge on any atom is -0.462 e. The third kappa shape index (κ3) is 5.09. The molecule has 0 spiro atoms. The molecule has 0 aliphatic heterocycles. The molecular formula is C17H24N2O4. The van der Waals surface area contributed by atoms with Crippen LogP contribution in [0, 0.1) is 5.41 Å². The molecule has 0 aliphatic rings. The van der Waals surface area contributed by atoms with Gasteiger partial charge in [-0.2, -0.15) is 0 Å². The third-order valence-electron chi connectivity index (χ3n) is 3.21. The Balaban J connectivity index is 2.77. The zero-order chi connectivity index (χ0) is 17.6. The van der Waals surface area contributed by atoms with Gasteiger partial charge in [-0.15, -0.1) is 0 Å². The lowest BCUT2D eigenvalue weighted by Crippen LogP contribution is -2.47. The lowest BCUT2D eigenvalue weighted by molar-refractivity contribution is -0.138. The van der Waals surface area contributed by atoms with Crippen LogP contribution in [0.25, 0.3) is 0 Å². The number of benzene rings is 1. The first-order valence-electron chi connectivity index (χ1n) is 7.58. The minimum absolute atomic E-state index is 0.0431. The van der Waals surface area contributed by atoms with Gasteiger partial charge in [-0.05, 0) is 58.9 Å². The van der Waals surface area contributed by atoms with E-state index in [-0.39, 0.29) is 11.9 Å². The van der Waals surface area contributed by atoms with Gasteiger partial charge < -0.3 is 15.4 Å². The summed E-state index contributed by atoms with van der Waals surface area (Å²) in [4.78, 5) is 36.0. The maximum Gasteiger partial charge on any atom is 0.338 e. The molecule has 0 aliphatic carbocycles. The number of amides is 2. The van der Waals surface area contributed by atoms with Crippen LogP contribution < -0.4 is 10.6 Å². The van der Waals surface area contributed by atoms with E-state index in [1.54, 1.807) is 45.0 Å². The molecule has 1 aromatic carbocycles. The highest BCUT2D eigenvalue weighted by atomic mass is 16.5. The molecule has 0 atom stereocenters. The molecule has 6 heteroatoms. The van der Waals surface area contributed by atoms with Crippen molar-refractivity contribution in [3.63, 3.8) is 0 Å². The monoisotopic (exact) mass is 320 g/mol. The minimum atomic E-state index is -1.20. The highest BCUT2D eigenvalue weighted by Crippen LogP contribution is 2.20. The van der Waals surface area contributed by atoms with E-state index in [4.69, 9.17) is 4.74 Å². The molecule has 6 nitrogen and oxygen atoms in total. The number of ether oxygens (including phenoxy) is 1. The molecule has 2 N–H and O–H groups in total. The maximum absolute atomic E-state index is 12.3. The van der Waals surface area contributed by atoms with Crippen LogP contribution >= 0.6 is 0 Å². The van der Waals surface area contributed by atoms with Crippen LogP contribution in [-0.2, 0) is 14.3 Å². The van der Waals surface area contributed by atoms with Gasteiger partial charge >= 0.3 is 5.97 Å². The Morgan fingerprint density at radius 3 is 2.13 bits per heavy atom. The van der Waals surface area contributed by atoms with Crippen molar-refractivity contribution in [1.82, 2.24) is 5.32 Å². The highest BCUT2D eigenvalue weighted by molar-refractivity contribution is 6.10. The summed E-state index contributed by atoms with van der Waals surface area (Å²) in [5, 5.41) is 5.41. The van der Waals surface area contributed by atoms with Gasteiger partial charge in [-0.1, -0.05) is 0 Å². The number of hydrogen-bond donors (Lipinski definition) is 2. The van der Waals surface area contributed by atoms with Crippen LogP contribution in [0.15, 0.2) is 24.3 Å². The quantitative estimate of drug-likeness (QED) is 0.622. The average molecular weight is 320 g/mol. The lowest BCUT2D eigenvalue weighted by Gasteiger charge is -2.24.